The number of nitrogens with zero attached hydrogens (tertiary/aromatic N) is 3. The molecule has 0 saturated heterocycles. The van der Waals surface area contributed by atoms with Gasteiger partial charge in [0.05, 0.1) is 23.9 Å². The molecule has 0 fully saturated rings. The van der Waals surface area contributed by atoms with Crippen LogP contribution in [-0.2, 0) is 0 Å². The summed E-state index contributed by atoms with van der Waals surface area (Å²) >= 11 is 0. The first-order valence-electron chi connectivity index (χ1n) is 10.0. The molecule has 3 aromatic carbocycles. The fraction of sp³-hybridized carbons (Fsp3) is 0.0400. The summed E-state index contributed by atoms with van der Waals surface area (Å²) in [6.45, 7) is 0. The molecule has 33 heavy (non-hydrogen) atoms. The number of hydrogen-bond acceptors (Lipinski definition) is 7. The van der Waals surface area contributed by atoms with E-state index in [0.29, 0.717) is 34.2 Å². The maximum absolute atomic E-state index is 10.8. The quantitative estimate of drug-likeness (QED) is 0.172. The number of oxazole rings is 1. The molecule has 8 heteroatoms. The molecule has 2 heterocycles. The first kappa shape index (κ1) is 20.2. The van der Waals surface area contributed by atoms with Crippen molar-refractivity contribution in [1.82, 2.24) is 4.98 Å². The van der Waals surface area contributed by atoms with Crippen molar-refractivity contribution in [3.8, 4) is 28.5 Å². The molecule has 0 radical (unpaired) electrons. The highest BCUT2D eigenvalue weighted by atomic mass is 16.6. The van der Waals surface area contributed by atoms with Crippen molar-refractivity contribution in [1.29, 1.82) is 0 Å². The zero-order valence-electron chi connectivity index (χ0n) is 17.5. The summed E-state index contributed by atoms with van der Waals surface area (Å²) in [5.41, 5.74) is 3.69. The molecule has 0 aliphatic carbocycles. The van der Waals surface area contributed by atoms with Crippen LogP contribution < -0.4 is 4.74 Å². The number of benzene rings is 3. The SMILES string of the molecule is COc1ccc(-c2nc3cc(N=Cc4ccc(-c5ccc([N+](=O)[O-])cc5)o4)ccc3o2)cc1. The number of ether oxygens (including phenoxy) is 1. The molecule has 5 aromatic rings. The van der Waals surface area contributed by atoms with Gasteiger partial charge in [-0.3, -0.25) is 15.1 Å². The Morgan fingerprint density at radius 1 is 0.939 bits per heavy atom. The van der Waals surface area contributed by atoms with Gasteiger partial charge in [0.2, 0.25) is 5.89 Å². The van der Waals surface area contributed by atoms with E-state index in [4.69, 9.17) is 13.6 Å². The zero-order valence-corrected chi connectivity index (χ0v) is 17.5. The molecule has 0 N–H and O–H groups in total. The first-order chi connectivity index (χ1) is 16.1. The van der Waals surface area contributed by atoms with E-state index in [9.17, 15) is 10.1 Å². The number of rotatable bonds is 6. The van der Waals surface area contributed by atoms with E-state index in [0.717, 1.165) is 16.9 Å². The number of furan rings is 1. The Morgan fingerprint density at radius 3 is 2.42 bits per heavy atom. The van der Waals surface area contributed by atoms with Gasteiger partial charge in [-0.25, -0.2) is 4.98 Å². The van der Waals surface area contributed by atoms with Crippen LogP contribution in [0.3, 0.4) is 0 Å². The lowest BCUT2D eigenvalue weighted by atomic mass is 10.1. The van der Waals surface area contributed by atoms with E-state index in [2.05, 4.69) is 9.98 Å². The van der Waals surface area contributed by atoms with E-state index < -0.39 is 4.92 Å². The molecule has 0 amide bonds. The lowest BCUT2D eigenvalue weighted by Crippen LogP contribution is -1.86. The summed E-state index contributed by atoms with van der Waals surface area (Å²) in [6, 6.07) is 22.8. The Labute approximate surface area is 187 Å². The highest BCUT2D eigenvalue weighted by Crippen LogP contribution is 2.29. The van der Waals surface area contributed by atoms with Crippen molar-refractivity contribution >= 4 is 28.7 Å². The molecule has 0 bridgehead atoms. The molecular formula is C25H17N3O5. The fourth-order valence-electron chi connectivity index (χ4n) is 3.32. The summed E-state index contributed by atoms with van der Waals surface area (Å²) in [6.07, 6.45) is 1.61. The lowest BCUT2D eigenvalue weighted by molar-refractivity contribution is -0.384. The normalized spacial score (nSPS) is 11.3. The molecule has 0 spiro atoms. The Kier molecular flexibility index (Phi) is 5.16. The minimum Gasteiger partial charge on any atom is -0.497 e. The summed E-state index contributed by atoms with van der Waals surface area (Å²) < 4.78 is 16.8. The number of aliphatic imine (C=N–C) groups is 1. The first-order valence-corrected chi connectivity index (χ1v) is 10.0. The van der Waals surface area contributed by atoms with Crippen LogP contribution in [0.25, 0.3) is 33.9 Å². The molecule has 8 nitrogen and oxygen atoms in total. The van der Waals surface area contributed by atoms with Crippen LogP contribution >= 0.6 is 0 Å². The van der Waals surface area contributed by atoms with Crippen molar-refractivity contribution in [3.63, 3.8) is 0 Å². The van der Waals surface area contributed by atoms with Gasteiger partial charge in [0, 0.05) is 23.3 Å². The van der Waals surface area contributed by atoms with E-state index in [1.807, 2.05) is 42.5 Å². The van der Waals surface area contributed by atoms with Crippen molar-refractivity contribution in [2.75, 3.05) is 7.11 Å². The average molecular weight is 439 g/mol. The predicted octanol–water partition coefficient (Wildman–Crippen LogP) is 6.42. The number of aromatic nitrogens is 1. The minimum atomic E-state index is -0.435. The molecular weight excluding hydrogens is 422 g/mol. The molecule has 162 valence electrons. The lowest BCUT2D eigenvalue weighted by Gasteiger charge is -1.99. The second kappa shape index (κ2) is 8.43. The van der Waals surface area contributed by atoms with E-state index in [1.165, 1.54) is 12.1 Å². The second-order valence-electron chi connectivity index (χ2n) is 7.16. The van der Waals surface area contributed by atoms with Gasteiger partial charge < -0.3 is 13.6 Å². The standard InChI is InChI=1S/C25H17N3O5/c1-31-20-9-4-17(5-10-20)25-27-22-14-18(6-12-24(22)33-25)26-15-21-11-13-23(32-21)16-2-7-19(8-3-16)28(29)30/h2-15H,1H3. The van der Waals surface area contributed by atoms with Crippen molar-refractivity contribution < 1.29 is 18.5 Å². The van der Waals surface area contributed by atoms with Crippen LogP contribution in [-0.4, -0.2) is 23.2 Å². The topological polar surface area (TPSA) is 104 Å². The van der Waals surface area contributed by atoms with Gasteiger partial charge in [-0.2, -0.15) is 0 Å². The Hall–Kier alpha value is -4.72. The molecule has 0 saturated carbocycles. The van der Waals surface area contributed by atoms with Crippen molar-refractivity contribution in [2.45, 2.75) is 0 Å². The monoisotopic (exact) mass is 439 g/mol. The largest absolute Gasteiger partial charge is 0.497 e. The van der Waals surface area contributed by atoms with Gasteiger partial charge in [-0.1, -0.05) is 0 Å². The van der Waals surface area contributed by atoms with Gasteiger partial charge in [0.25, 0.3) is 5.69 Å². The molecule has 0 aliphatic rings. The number of nitro benzene ring substituents is 1. The Balaban J connectivity index is 1.34. The number of methoxy groups -OCH3 is 1. The number of hydrogen-bond donors (Lipinski definition) is 0. The highest BCUT2D eigenvalue weighted by Gasteiger charge is 2.10. The summed E-state index contributed by atoms with van der Waals surface area (Å²) in [5, 5.41) is 10.8. The second-order valence-corrected chi connectivity index (χ2v) is 7.16. The third-order valence-corrected chi connectivity index (χ3v) is 5.04. The molecule has 0 aliphatic heterocycles. The maximum Gasteiger partial charge on any atom is 0.269 e. The van der Waals surface area contributed by atoms with Gasteiger partial charge >= 0.3 is 0 Å². The number of non-ortho nitro benzene ring substituents is 1. The number of nitro groups is 1. The maximum atomic E-state index is 10.8. The van der Waals surface area contributed by atoms with Crippen LogP contribution in [0.5, 0.6) is 5.75 Å². The van der Waals surface area contributed by atoms with Crippen molar-refractivity contribution in [2.24, 2.45) is 4.99 Å². The predicted molar refractivity (Wildman–Crippen MR) is 124 cm³/mol. The minimum absolute atomic E-state index is 0.0329. The van der Waals surface area contributed by atoms with E-state index >= 15 is 0 Å². The van der Waals surface area contributed by atoms with Crippen LogP contribution in [0.4, 0.5) is 11.4 Å². The Morgan fingerprint density at radius 2 is 1.70 bits per heavy atom. The van der Waals surface area contributed by atoms with E-state index in [-0.39, 0.29) is 5.69 Å². The molecule has 0 atom stereocenters. The zero-order chi connectivity index (χ0) is 22.8. The molecule has 5 rings (SSSR count). The van der Waals surface area contributed by atoms with Crippen LogP contribution in [0.2, 0.25) is 0 Å². The van der Waals surface area contributed by atoms with Gasteiger partial charge in [-0.15, -0.1) is 0 Å². The van der Waals surface area contributed by atoms with Gasteiger partial charge in [0.15, 0.2) is 5.58 Å². The van der Waals surface area contributed by atoms with Crippen LogP contribution in [0.1, 0.15) is 5.76 Å². The average Bonchev–Trinajstić information content (AvgIpc) is 3.50. The number of fused-ring (bicyclic) bond motifs is 1. The van der Waals surface area contributed by atoms with Crippen LogP contribution in [0.15, 0.2) is 92.7 Å². The molecule has 0 unspecified atom stereocenters. The van der Waals surface area contributed by atoms with Crippen LogP contribution in [0, 0.1) is 10.1 Å². The fourth-order valence-corrected chi connectivity index (χ4v) is 3.32. The third kappa shape index (κ3) is 4.22. The smallest absolute Gasteiger partial charge is 0.269 e. The summed E-state index contributed by atoms with van der Waals surface area (Å²) in [4.78, 5) is 19.4. The van der Waals surface area contributed by atoms with Crippen molar-refractivity contribution in [3.05, 3.63) is 94.7 Å². The summed E-state index contributed by atoms with van der Waals surface area (Å²) in [7, 11) is 1.62. The van der Waals surface area contributed by atoms with E-state index in [1.54, 1.807) is 37.6 Å². The molecule has 2 aromatic heterocycles. The third-order valence-electron chi connectivity index (χ3n) is 5.04. The van der Waals surface area contributed by atoms with Gasteiger partial charge in [0.1, 0.15) is 22.8 Å². The highest BCUT2D eigenvalue weighted by molar-refractivity contribution is 5.83. The Bertz CT molecular complexity index is 1460. The summed E-state index contributed by atoms with van der Waals surface area (Å²) in [5.74, 6) is 2.44. The van der Waals surface area contributed by atoms with Gasteiger partial charge in [-0.05, 0) is 66.7 Å².